The van der Waals surface area contributed by atoms with Crippen molar-refractivity contribution in [2.75, 3.05) is 0 Å². The Morgan fingerprint density at radius 1 is 1.00 bits per heavy atom. The van der Waals surface area contributed by atoms with Gasteiger partial charge in [0.25, 0.3) is 0 Å². The summed E-state index contributed by atoms with van der Waals surface area (Å²) in [5.74, 6) is 0. The summed E-state index contributed by atoms with van der Waals surface area (Å²) in [4.78, 5) is 0.103. The number of rotatable bonds is 0. The van der Waals surface area contributed by atoms with Crippen LogP contribution in [0.15, 0.2) is 9.81 Å². The molecule has 0 aromatic heterocycles. The van der Waals surface area contributed by atoms with Gasteiger partial charge in [-0.3, -0.25) is 0 Å². The number of nitriles is 2. The quantitative estimate of drug-likeness (QED) is 0.250. The van der Waals surface area contributed by atoms with Crippen molar-refractivity contribution in [2.45, 2.75) is 0 Å². The largest absolute Gasteiger partial charge is 1.00 e. The van der Waals surface area contributed by atoms with Gasteiger partial charge in [0, 0.05) is 0 Å². The molecule has 0 fully saturated rings. The predicted molar refractivity (Wildman–Crippen MR) is 36.2 cm³/mol. The maximum atomic E-state index is 8.05. The third kappa shape index (κ3) is 4.90. The topological polar surface area (TPSA) is 47.6 Å². The minimum atomic E-state index is 0. The predicted octanol–water partition coefficient (Wildman–Crippen LogP) is -1.89. The van der Waals surface area contributed by atoms with Crippen LogP contribution < -0.4 is 29.6 Å². The Labute approximate surface area is 86.7 Å². The molecule has 0 aliphatic carbocycles. The van der Waals surface area contributed by atoms with Gasteiger partial charge in [0.15, 0.2) is 0 Å². The summed E-state index contributed by atoms with van der Waals surface area (Å²) < 4.78 is 0. The maximum absolute atomic E-state index is 8.05. The molecule has 0 atom stereocenters. The Balaban J connectivity index is 0. The second-order valence-electron chi connectivity index (χ2n) is 0.921. The van der Waals surface area contributed by atoms with Crippen LogP contribution in [0, 0.1) is 22.7 Å². The molecule has 40 valence electrons. The van der Waals surface area contributed by atoms with Gasteiger partial charge in [-0.1, -0.05) is 0 Å². The third-order valence-corrected chi connectivity index (χ3v) is 1.26. The van der Waals surface area contributed by atoms with Crippen LogP contribution in [-0.4, -0.2) is 0 Å². The van der Waals surface area contributed by atoms with Gasteiger partial charge in [-0.2, -0.15) is 10.5 Å². The van der Waals surface area contributed by atoms with Crippen LogP contribution in [-0.2, 0) is 0 Å². The molecule has 0 rings (SSSR count). The molecule has 5 heteroatoms. The normalized spacial score (nSPS) is 9.78. The minimum absolute atomic E-state index is 0. The number of hydrogen-bond acceptors (Lipinski definition) is 4. The summed E-state index contributed by atoms with van der Waals surface area (Å²) >= 11 is 7.25. The van der Waals surface area contributed by atoms with E-state index in [0.29, 0.717) is 0 Å². The summed E-state index contributed by atoms with van der Waals surface area (Å²) in [5.41, 5.74) is 0. The van der Waals surface area contributed by atoms with Crippen LogP contribution in [0.4, 0.5) is 0 Å². The SMILES string of the molecule is N#CC(S)=C(S)C#N.[Na+]. The Bertz CT molecular complexity index is 176. The minimum Gasteiger partial charge on any atom is -0.192 e. The molecule has 0 heterocycles. The fourth-order valence-corrected chi connectivity index (χ4v) is 0.206. The van der Waals surface area contributed by atoms with Crippen LogP contribution in [0.3, 0.4) is 0 Å². The van der Waals surface area contributed by atoms with E-state index < -0.39 is 0 Å². The van der Waals surface area contributed by atoms with Gasteiger partial charge in [-0.15, -0.1) is 25.3 Å². The summed E-state index contributed by atoms with van der Waals surface area (Å²) in [6.45, 7) is 0. The monoisotopic (exact) mass is 165 g/mol. The first kappa shape index (κ1) is 12.1. The van der Waals surface area contributed by atoms with Gasteiger partial charge in [-0.05, 0) is 0 Å². The van der Waals surface area contributed by atoms with Crippen molar-refractivity contribution in [2.24, 2.45) is 0 Å². The fraction of sp³-hybridized carbons (Fsp3) is 0. The molecule has 0 unspecified atom stereocenters. The summed E-state index contributed by atoms with van der Waals surface area (Å²) in [6.07, 6.45) is 0. The molecule has 0 N–H and O–H groups in total. The van der Waals surface area contributed by atoms with Gasteiger partial charge in [-0.25, -0.2) is 0 Å². The summed E-state index contributed by atoms with van der Waals surface area (Å²) in [6, 6.07) is 3.32. The molecule has 0 spiro atoms. The molecule has 2 nitrogen and oxygen atoms in total. The number of allylic oxidation sites excluding steroid dienone is 2. The van der Waals surface area contributed by atoms with Crippen LogP contribution in [0.5, 0.6) is 0 Å². The van der Waals surface area contributed by atoms with Gasteiger partial charge in [0.2, 0.25) is 0 Å². The molecule has 0 bridgehead atoms. The van der Waals surface area contributed by atoms with E-state index >= 15 is 0 Å². The maximum Gasteiger partial charge on any atom is 1.00 e. The van der Waals surface area contributed by atoms with Crippen molar-refractivity contribution in [1.29, 1.82) is 10.5 Å². The molecule has 9 heavy (non-hydrogen) atoms. The molecule has 0 amide bonds. The first-order valence-electron chi connectivity index (χ1n) is 1.64. The molecule has 0 aromatic rings. The standard InChI is InChI=1S/C4H2N2S2.Na/c5-1-3(7)4(8)2-6;/h7-8H;/q;+1. The fourth-order valence-electron chi connectivity index (χ4n) is 0.106. The molecular weight excluding hydrogens is 163 g/mol. The van der Waals surface area contributed by atoms with E-state index in [0.717, 1.165) is 0 Å². The average molecular weight is 165 g/mol. The zero-order chi connectivity index (χ0) is 6.57. The van der Waals surface area contributed by atoms with Crippen molar-refractivity contribution in [3.63, 3.8) is 0 Å². The van der Waals surface area contributed by atoms with Gasteiger partial charge >= 0.3 is 29.6 Å². The Morgan fingerprint density at radius 3 is 1.33 bits per heavy atom. The van der Waals surface area contributed by atoms with E-state index in [1.54, 1.807) is 12.1 Å². The van der Waals surface area contributed by atoms with E-state index in [9.17, 15) is 0 Å². The summed E-state index contributed by atoms with van der Waals surface area (Å²) in [5, 5.41) is 16.1. The molecule has 0 saturated heterocycles. The third-order valence-electron chi connectivity index (χ3n) is 0.436. The van der Waals surface area contributed by atoms with Gasteiger partial charge in [0.05, 0.1) is 0 Å². The Morgan fingerprint density at radius 2 is 1.22 bits per heavy atom. The van der Waals surface area contributed by atoms with E-state index in [-0.39, 0.29) is 39.4 Å². The van der Waals surface area contributed by atoms with Crippen LogP contribution in [0.1, 0.15) is 0 Å². The van der Waals surface area contributed by atoms with E-state index in [2.05, 4.69) is 25.3 Å². The Hall–Kier alpha value is 0.420. The van der Waals surface area contributed by atoms with Crippen LogP contribution in [0.2, 0.25) is 0 Å². The van der Waals surface area contributed by atoms with Crippen molar-refractivity contribution in [1.82, 2.24) is 0 Å². The molecule has 0 radical (unpaired) electrons. The van der Waals surface area contributed by atoms with Crippen molar-refractivity contribution < 1.29 is 29.6 Å². The molecule has 0 aromatic carbocycles. The first-order chi connectivity index (χ1) is 3.72. The van der Waals surface area contributed by atoms with Crippen molar-refractivity contribution >= 4 is 25.3 Å². The average Bonchev–Trinajstić information content (AvgIpc) is 1.84. The van der Waals surface area contributed by atoms with Crippen molar-refractivity contribution in [3.05, 3.63) is 9.81 Å². The van der Waals surface area contributed by atoms with Crippen molar-refractivity contribution in [3.8, 4) is 12.1 Å². The molecule has 0 aliphatic rings. The smallest absolute Gasteiger partial charge is 0.192 e. The number of nitrogens with zero attached hydrogens (tertiary/aromatic N) is 2. The Kier molecular flexibility index (Phi) is 8.81. The van der Waals surface area contributed by atoms with Crippen LogP contribution in [0.25, 0.3) is 0 Å². The zero-order valence-corrected chi connectivity index (χ0v) is 8.58. The molecule has 0 saturated carbocycles. The number of thiol groups is 2. The van der Waals surface area contributed by atoms with Gasteiger partial charge in [0.1, 0.15) is 21.9 Å². The second kappa shape index (κ2) is 6.54. The zero-order valence-electron chi connectivity index (χ0n) is 4.79. The van der Waals surface area contributed by atoms with Gasteiger partial charge < -0.3 is 0 Å². The second-order valence-corrected chi connectivity index (χ2v) is 1.82. The molecular formula is C4H2N2NaS2+. The number of hydrogen-bond donors (Lipinski definition) is 2. The van der Waals surface area contributed by atoms with E-state index in [1.165, 1.54) is 0 Å². The first-order valence-corrected chi connectivity index (χ1v) is 2.54. The van der Waals surface area contributed by atoms with Crippen LogP contribution >= 0.6 is 25.3 Å². The van der Waals surface area contributed by atoms with E-state index in [4.69, 9.17) is 10.5 Å². The summed E-state index contributed by atoms with van der Waals surface area (Å²) in [7, 11) is 0. The van der Waals surface area contributed by atoms with E-state index in [1.807, 2.05) is 0 Å². The molecule has 0 aliphatic heterocycles.